The molecule has 0 saturated heterocycles. The molecule has 0 fully saturated rings. The lowest BCUT2D eigenvalue weighted by molar-refractivity contribution is 0.427. The Balaban J connectivity index is 2.69. The number of nitrogens with zero attached hydrogens (tertiary/aromatic N) is 1. The van der Waals surface area contributed by atoms with Gasteiger partial charge in [0.15, 0.2) is 0 Å². The zero-order valence-corrected chi connectivity index (χ0v) is 4.16. The first-order chi connectivity index (χ1) is 3.89. The highest BCUT2D eigenvalue weighted by Crippen LogP contribution is 1.83. The highest BCUT2D eigenvalue weighted by molar-refractivity contribution is 5.85. The minimum atomic E-state index is -0.255. The summed E-state index contributed by atoms with van der Waals surface area (Å²) in [7, 11) is 0. The minimum Gasteiger partial charge on any atom is -0.282 e. The number of allylic oxidation sites excluding steroid dienone is 2. The molecule has 0 aromatic heterocycles. The third-order valence-electron chi connectivity index (χ3n) is 0.695. The zero-order chi connectivity index (χ0) is 5.82. The number of hydrogen-bond donors (Lipinski definition) is 1. The molecule has 1 aliphatic heterocycles. The van der Waals surface area contributed by atoms with Gasteiger partial charge in [-0.1, -0.05) is 6.08 Å². The van der Waals surface area contributed by atoms with Crippen molar-refractivity contribution in [3.05, 3.63) is 24.4 Å². The van der Waals surface area contributed by atoms with Gasteiger partial charge in [-0.15, -0.1) is 5.10 Å². The van der Waals surface area contributed by atoms with Crippen LogP contribution in [0.4, 0.5) is 0 Å². The molecule has 3 heteroatoms. The first-order valence-electron chi connectivity index (χ1n) is 2.23. The maximum atomic E-state index is 10.3. The molecule has 1 N–H and O–H groups in total. The highest BCUT2D eigenvalue weighted by atomic mass is 16.3. The summed E-state index contributed by atoms with van der Waals surface area (Å²) in [5.41, 5.74) is 2.43. The Morgan fingerprint density at radius 3 is 3.25 bits per heavy atom. The van der Waals surface area contributed by atoms with E-state index in [0.717, 1.165) is 0 Å². The molecule has 0 bridgehead atoms. The Morgan fingerprint density at radius 2 is 2.38 bits per heavy atom. The molecule has 8 heavy (non-hydrogen) atoms. The Morgan fingerprint density at radius 1 is 1.50 bits per heavy atom. The quantitative estimate of drug-likeness (QED) is 0.481. The van der Waals surface area contributed by atoms with Gasteiger partial charge in [-0.25, -0.2) is 0 Å². The molecule has 0 atom stereocenters. The smallest absolute Gasteiger partial charge is 0.282 e. The van der Waals surface area contributed by atoms with Gasteiger partial charge in [-0.3, -0.25) is 10.5 Å². The van der Waals surface area contributed by atoms with E-state index in [2.05, 4.69) is 10.5 Å². The SMILES string of the molecule is [O]C1=NNC=CC=C1. The standard InChI is InChI=1S/C5H5N2O/c8-5-3-1-2-4-6-7-5/h1-4,6H. The molecule has 1 rings (SSSR count). The van der Waals surface area contributed by atoms with Gasteiger partial charge < -0.3 is 0 Å². The monoisotopic (exact) mass is 109 g/mol. The van der Waals surface area contributed by atoms with E-state index in [1.54, 1.807) is 18.4 Å². The van der Waals surface area contributed by atoms with Crippen molar-refractivity contribution in [2.24, 2.45) is 5.10 Å². The molecule has 3 nitrogen and oxygen atoms in total. The van der Waals surface area contributed by atoms with Crippen LogP contribution in [0.5, 0.6) is 0 Å². The molecule has 41 valence electrons. The summed E-state index contributed by atoms with van der Waals surface area (Å²) in [4.78, 5) is 0. The number of hydrogen-bond acceptors (Lipinski definition) is 2. The second-order valence-electron chi connectivity index (χ2n) is 1.30. The second kappa shape index (κ2) is 2.16. The van der Waals surface area contributed by atoms with E-state index in [0.29, 0.717) is 0 Å². The van der Waals surface area contributed by atoms with Crippen molar-refractivity contribution < 1.29 is 5.11 Å². The van der Waals surface area contributed by atoms with E-state index in [1.165, 1.54) is 6.08 Å². The average molecular weight is 109 g/mol. The minimum absolute atomic E-state index is 0.255. The molecule has 0 aromatic carbocycles. The van der Waals surface area contributed by atoms with Gasteiger partial charge in [0.2, 0.25) is 0 Å². The molecule has 1 radical (unpaired) electrons. The van der Waals surface area contributed by atoms with Crippen LogP contribution in [0.25, 0.3) is 0 Å². The Hall–Kier alpha value is -1.25. The third-order valence-corrected chi connectivity index (χ3v) is 0.695. The molecule has 1 aliphatic rings. The summed E-state index contributed by atoms with van der Waals surface area (Å²) in [6.07, 6.45) is 6.30. The molecule has 0 aromatic rings. The largest absolute Gasteiger partial charge is 0.286 e. The normalized spacial score (nSPS) is 16.8. The third kappa shape index (κ3) is 1.11. The lowest BCUT2D eigenvalue weighted by Crippen LogP contribution is -1.96. The Kier molecular flexibility index (Phi) is 1.32. The van der Waals surface area contributed by atoms with Crippen molar-refractivity contribution in [1.82, 2.24) is 5.43 Å². The van der Waals surface area contributed by atoms with Gasteiger partial charge in [0.1, 0.15) is 0 Å². The zero-order valence-electron chi connectivity index (χ0n) is 4.16. The summed E-state index contributed by atoms with van der Waals surface area (Å²) in [6.45, 7) is 0. The summed E-state index contributed by atoms with van der Waals surface area (Å²) >= 11 is 0. The van der Waals surface area contributed by atoms with Crippen LogP contribution < -0.4 is 5.43 Å². The molecule has 1 heterocycles. The first kappa shape index (κ1) is 4.90. The predicted molar refractivity (Wildman–Crippen MR) is 29.5 cm³/mol. The van der Waals surface area contributed by atoms with E-state index in [4.69, 9.17) is 0 Å². The van der Waals surface area contributed by atoms with Crippen LogP contribution >= 0.6 is 0 Å². The van der Waals surface area contributed by atoms with Crippen molar-refractivity contribution in [3.63, 3.8) is 0 Å². The average Bonchev–Trinajstić information content (AvgIpc) is 1.94. The Bertz CT molecular complexity index is 155. The molecule has 0 aliphatic carbocycles. The molecule has 0 amide bonds. The summed E-state index contributed by atoms with van der Waals surface area (Å²) in [5, 5.41) is 13.7. The lowest BCUT2D eigenvalue weighted by Gasteiger charge is -1.81. The van der Waals surface area contributed by atoms with Crippen LogP contribution in [0.15, 0.2) is 29.5 Å². The first-order valence-corrected chi connectivity index (χ1v) is 2.23. The van der Waals surface area contributed by atoms with Crippen molar-refractivity contribution >= 4 is 5.90 Å². The molecule has 0 spiro atoms. The van der Waals surface area contributed by atoms with Crippen LogP contribution in [0, 0.1) is 0 Å². The van der Waals surface area contributed by atoms with Gasteiger partial charge in [0.25, 0.3) is 5.90 Å². The van der Waals surface area contributed by atoms with E-state index in [1.807, 2.05) is 0 Å². The fourth-order valence-corrected chi connectivity index (χ4v) is 0.375. The fourth-order valence-electron chi connectivity index (χ4n) is 0.375. The maximum absolute atomic E-state index is 10.3. The lowest BCUT2D eigenvalue weighted by atomic mass is 10.5. The molecular formula is C5H5N2O. The van der Waals surface area contributed by atoms with E-state index >= 15 is 0 Å². The van der Waals surface area contributed by atoms with Crippen molar-refractivity contribution in [2.45, 2.75) is 0 Å². The Labute approximate surface area is 47.0 Å². The van der Waals surface area contributed by atoms with Gasteiger partial charge in [0.05, 0.1) is 0 Å². The number of hydrazone groups is 1. The fraction of sp³-hybridized carbons (Fsp3) is 0. The number of rotatable bonds is 0. The molecule has 0 unspecified atom stereocenters. The van der Waals surface area contributed by atoms with Crippen LogP contribution in [0.2, 0.25) is 0 Å². The van der Waals surface area contributed by atoms with Gasteiger partial charge in [-0.05, 0) is 6.08 Å². The summed E-state index contributed by atoms with van der Waals surface area (Å²) < 4.78 is 0. The van der Waals surface area contributed by atoms with Crippen LogP contribution in [0.1, 0.15) is 0 Å². The van der Waals surface area contributed by atoms with Crippen molar-refractivity contribution in [3.8, 4) is 0 Å². The van der Waals surface area contributed by atoms with Crippen molar-refractivity contribution in [2.75, 3.05) is 0 Å². The van der Waals surface area contributed by atoms with Gasteiger partial charge in [0, 0.05) is 12.3 Å². The van der Waals surface area contributed by atoms with Crippen LogP contribution in [-0.2, 0) is 5.11 Å². The predicted octanol–water partition coefficient (Wildman–Crippen LogP) is 0.404. The highest BCUT2D eigenvalue weighted by Gasteiger charge is 1.88. The van der Waals surface area contributed by atoms with E-state index in [-0.39, 0.29) is 5.90 Å². The van der Waals surface area contributed by atoms with E-state index < -0.39 is 0 Å². The topological polar surface area (TPSA) is 44.3 Å². The molecular weight excluding hydrogens is 104 g/mol. The summed E-state index contributed by atoms with van der Waals surface area (Å²) in [5.74, 6) is -0.255. The summed E-state index contributed by atoms with van der Waals surface area (Å²) in [6, 6.07) is 0. The maximum Gasteiger partial charge on any atom is 0.286 e. The number of nitrogens with one attached hydrogen (secondary N) is 1. The van der Waals surface area contributed by atoms with Gasteiger partial charge in [-0.2, -0.15) is 0 Å². The van der Waals surface area contributed by atoms with Crippen LogP contribution in [0.3, 0.4) is 0 Å². The second-order valence-corrected chi connectivity index (χ2v) is 1.30. The van der Waals surface area contributed by atoms with Crippen LogP contribution in [-0.4, -0.2) is 5.90 Å². The molecule has 0 saturated carbocycles. The van der Waals surface area contributed by atoms with Gasteiger partial charge >= 0.3 is 0 Å². The van der Waals surface area contributed by atoms with Crippen molar-refractivity contribution in [1.29, 1.82) is 0 Å². The van der Waals surface area contributed by atoms with E-state index in [9.17, 15) is 5.11 Å².